The number of halogens is 2. The fourth-order valence-electron chi connectivity index (χ4n) is 11.0. The van der Waals surface area contributed by atoms with Crippen molar-refractivity contribution in [3.8, 4) is 11.5 Å². The van der Waals surface area contributed by atoms with E-state index in [1.165, 1.54) is 0 Å². The number of methoxy groups -OCH3 is 2. The fourth-order valence-corrected chi connectivity index (χ4v) is 11.0. The van der Waals surface area contributed by atoms with Crippen molar-refractivity contribution in [1.29, 1.82) is 0 Å². The molecule has 14 rings (SSSR count). The van der Waals surface area contributed by atoms with Crippen molar-refractivity contribution in [3.05, 3.63) is 219 Å². The van der Waals surface area contributed by atoms with Crippen LogP contribution in [0.2, 0.25) is 0 Å². The maximum absolute atomic E-state index is 13.3. The smallest absolute Gasteiger partial charge is 0.258 e. The molecule has 0 fully saturated rings. The van der Waals surface area contributed by atoms with E-state index in [0.717, 1.165) is 105 Å². The summed E-state index contributed by atoms with van der Waals surface area (Å²) < 4.78 is 43.5. The molecule has 0 aliphatic rings. The van der Waals surface area contributed by atoms with Gasteiger partial charge >= 0.3 is 0 Å². The molecule has 5 aromatic carbocycles. The highest BCUT2D eigenvalue weighted by Crippen LogP contribution is 2.35. The summed E-state index contributed by atoms with van der Waals surface area (Å²) in [7, 11) is 3.27. The highest BCUT2D eigenvalue weighted by molar-refractivity contribution is 6.21. The van der Waals surface area contributed by atoms with Crippen LogP contribution in [0.3, 0.4) is 0 Å². The lowest BCUT2D eigenvalue weighted by Crippen LogP contribution is -2.20. The van der Waals surface area contributed by atoms with Crippen molar-refractivity contribution in [2.45, 2.75) is 39.0 Å². The monoisotopic (exact) mass is 1070 g/mol. The number of aryl methyl sites for hydroxylation is 2. The van der Waals surface area contributed by atoms with Gasteiger partial charge in [-0.15, -0.1) is 0 Å². The van der Waals surface area contributed by atoms with Gasteiger partial charge in [-0.05, 0) is 139 Å². The summed E-state index contributed by atoms with van der Waals surface area (Å²) in [5.41, 5.74) is 10.4. The van der Waals surface area contributed by atoms with Crippen molar-refractivity contribution in [3.63, 3.8) is 0 Å². The Hall–Kier alpha value is -9.96. The van der Waals surface area contributed by atoms with Crippen molar-refractivity contribution < 1.29 is 18.3 Å². The Kier molecular flexibility index (Phi) is 13.9. The molecule has 0 saturated heterocycles. The molecular formula is C64H53F2N9O5. The number of benzene rings is 5. The molecule has 14 nitrogen and oxygen atoms in total. The van der Waals surface area contributed by atoms with E-state index in [1.54, 1.807) is 48.1 Å². The Balaban J connectivity index is 0.000000121. The van der Waals surface area contributed by atoms with Crippen LogP contribution < -0.4 is 26.2 Å². The number of aromatic nitrogens is 9. The van der Waals surface area contributed by atoms with Gasteiger partial charge in [-0.2, -0.15) is 0 Å². The zero-order valence-corrected chi connectivity index (χ0v) is 43.8. The number of pyridine rings is 6. The molecule has 14 aromatic rings. The molecule has 0 aliphatic carbocycles. The second-order valence-electron chi connectivity index (χ2n) is 19.4. The number of H-pyrrole nitrogens is 2. The third-order valence-corrected chi connectivity index (χ3v) is 14.8. The van der Waals surface area contributed by atoms with E-state index in [-0.39, 0.29) is 30.0 Å². The first-order valence-corrected chi connectivity index (χ1v) is 26.3. The van der Waals surface area contributed by atoms with Crippen LogP contribution in [0.25, 0.3) is 98.1 Å². The van der Waals surface area contributed by atoms with E-state index in [9.17, 15) is 23.2 Å². The van der Waals surface area contributed by atoms with Crippen molar-refractivity contribution in [2.75, 3.05) is 27.6 Å². The number of hydrogen-bond acceptors (Lipinski definition) is 8. The van der Waals surface area contributed by atoms with Crippen LogP contribution in [0.4, 0.5) is 8.78 Å². The van der Waals surface area contributed by atoms with Gasteiger partial charge in [0.05, 0.1) is 84.8 Å². The number of nitrogens with zero attached hydrogens (tertiary/aromatic N) is 7. The van der Waals surface area contributed by atoms with Gasteiger partial charge in [0.25, 0.3) is 16.7 Å². The van der Waals surface area contributed by atoms with Crippen molar-refractivity contribution >= 4 is 98.1 Å². The van der Waals surface area contributed by atoms with E-state index in [2.05, 4.69) is 34.1 Å². The van der Waals surface area contributed by atoms with Gasteiger partial charge in [0.2, 0.25) is 0 Å². The van der Waals surface area contributed by atoms with E-state index >= 15 is 0 Å². The van der Waals surface area contributed by atoms with Gasteiger partial charge in [0.15, 0.2) is 0 Å². The molecular weight excluding hydrogens is 1010 g/mol. The van der Waals surface area contributed by atoms with Gasteiger partial charge in [-0.3, -0.25) is 38.1 Å². The standard InChI is InChI=1S/C25H22FN3O2.C22H17N3O2.C17H14FN3O/c1-31-18-7-5-17(6-8-18)16-28-15-11-19-20(25(28)30)9-10-21-23(19)24-22(4-2-13-27-24)29(21)14-3-12-26;1-27-15-6-4-14(5-7-15)13-25-12-10-16-17(22(25)26)8-9-18-20(16)21-19(24-18)3-2-11-23-21;18-7-2-10-21-13-5-4-12-11(6-9-20-17(12)22)15(13)16-14(21)3-1-8-19-16/h2,4-11,13,15H,3,12,14,16H2,1H3;2-12,24H,13H2,1H3;1,3-6,8-9H,2,7,10H2,(H,20,22). The summed E-state index contributed by atoms with van der Waals surface area (Å²) >= 11 is 0. The van der Waals surface area contributed by atoms with Gasteiger partial charge < -0.3 is 37.7 Å². The fraction of sp³-hybridized carbons (Fsp3) is 0.156. The number of rotatable bonds is 12. The molecule has 9 heterocycles. The minimum atomic E-state index is -0.370. The molecule has 0 aliphatic heterocycles. The molecule has 16 heteroatoms. The molecule has 0 bridgehead atoms. The summed E-state index contributed by atoms with van der Waals surface area (Å²) in [6, 6.07) is 44.4. The Bertz CT molecular complexity index is 4810. The predicted octanol–water partition coefficient (Wildman–Crippen LogP) is 12.4. The summed E-state index contributed by atoms with van der Waals surface area (Å²) in [6.07, 6.45) is 11.5. The first kappa shape index (κ1) is 50.8. The quantitative estimate of drug-likeness (QED) is 0.122. The molecule has 0 spiro atoms. The first-order chi connectivity index (χ1) is 39.3. The molecule has 398 valence electrons. The predicted molar refractivity (Wildman–Crippen MR) is 315 cm³/mol. The van der Waals surface area contributed by atoms with Crippen LogP contribution >= 0.6 is 0 Å². The molecule has 0 unspecified atom stereocenters. The maximum Gasteiger partial charge on any atom is 0.258 e. The number of aromatic amines is 2. The SMILES string of the molecule is COc1ccc(Cn2ccc3c(ccc4[nH]c5cccnc5c43)c2=O)cc1.COc1ccc(Cn2ccc3c(ccc4c3c3ncccc3n4CCCF)c2=O)cc1.O=c1[nH]ccc2c1ccc1c2c2ncccc2n1CCCF. The summed E-state index contributed by atoms with van der Waals surface area (Å²) in [5, 5.41) is 7.57. The zero-order valence-electron chi connectivity index (χ0n) is 43.8. The first-order valence-electron chi connectivity index (χ1n) is 26.3. The van der Waals surface area contributed by atoms with Gasteiger partial charge in [-0.25, -0.2) is 0 Å². The van der Waals surface area contributed by atoms with Crippen LogP contribution in [-0.2, 0) is 26.2 Å². The average molecular weight is 1070 g/mol. The number of hydrogen-bond donors (Lipinski definition) is 2. The van der Waals surface area contributed by atoms with Crippen molar-refractivity contribution in [2.24, 2.45) is 0 Å². The molecule has 0 amide bonds. The summed E-state index contributed by atoms with van der Waals surface area (Å²) in [5.74, 6) is 1.59. The molecule has 80 heavy (non-hydrogen) atoms. The lowest BCUT2D eigenvalue weighted by Gasteiger charge is -2.10. The lowest BCUT2D eigenvalue weighted by atomic mass is 10.1. The summed E-state index contributed by atoms with van der Waals surface area (Å²) in [6.45, 7) is 1.44. The van der Waals surface area contributed by atoms with Crippen LogP contribution in [0.15, 0.2) is 191 Å². The normalized spacial score (nSPS) is 11.6. The van der Waals surface area contributed by atoms with Gasteiger partial charge in [0.1, 0.15) is 11.5 Å². The molecule has 0 radical (unpaired) electrons. The minimum absolute atomic E-state index is 0.00417. The van der Waals surface area contributed by atoms with E-state index in [4.69, 9.17) is 9.47 Å². The molecule has 0 atom stereocenters. The minimum Gasteiger partial charge on any atom is -0.497 e. The number of alkyl halides is 2. The van der Waals surface area contributed by atoms with Gasteiger partial charge in [0, 0.05) is 104 Å². The zero-order chi connectivity index (χ0) is 54.9. The second-order valence-corrected chi connectivity index (χ2v) is 19.4. The number of fused-ring (bicyclic) bond motifs is 15. The summed E-state index contributed by atoms with van der Waals surface area (Å²) in [4.78, 5) is 58.0. The highest BCUT2D eigenvalue weighted by Gasteiger charge is 2.18. The van der Waals surface area contributed by atoms with Gasteiger partial charge in [-0.1, -0.05) is 24.3 Å². The Morgan fingerprint density at radius 2 is 0.938 bits per heavy atom. The van der Waals surface area contributed by atoms with Crippen molar-refractivity contribution in [1.82, 2.24) is 43.2 Å². The third kappa shape index (κ3) is 9.23. The van der Waals surface area contributed by atoms with Crippen LogP contribution in [-0.4, -0.2) is 70.8 Å². The van der Waals surface area contributed by atoms with E-state index in [0.29, 0.717) is 55.2 Å². The largest absolute Gasteiger partial charge is 0.497 e. The average Bonchev–Trinajstić information content (AvgIpc) is 4.32. The van der Waals surface area contributed by atoms with Crippen LogP contribution in [0.5, 0.6) is 11.5 Å². The Labute approximate surface area is 454 Å². The number of nitrogens with one attached hydrogen (secondary N) is 2. The Morgan fingerprint density at radius 1 is 0.463 bits per heavy atom. The van der Waals surface area contributed by atoms with Crippen LogP contribution in [0.1, 0.15) is 24.0 Å². The number of ether oxygens (including phenoxy) is 2. The third-order valence-electron chi connectivity index (χ3n) is 14.8. The molecule has 2 N–H and O–H groups in total. The lowest BCUT2D eigenvalue weighted by molar-refractivity contribution is 0.414. The van der Waals surface area contributed by atoms with E-state index < -0.39 is 0 Å². The van der Waals surface area contributed by atoms with E-state index in [1.807, 2.05) is 152 Å². The maximum atomic E-state index is 13.3. The highest BCUT2D eigenvalue weighted by atomic mass is 19.1. The van der Waals surface area contributed by atoms with Crippen LogP contribution in [0, 0.1) is 0 Å². The second kappa shape index (κ2) is 21.8. The Morgan fingerprint density at radius 3 is 1.46 bits per heavy atom. The molecule has 9 aromatic heterocycles. The molecule has 0 saturated carbocycles. The topological polar surface area (TPSA) is 160 Å².